The molecule has 0 spiro atoms. The maximum atomic E-state index is 12.2. The van der Waals surface area contributed by atoms with E-state index in [1.165, 1.54) is 6.07 Å². The molecule has 2 amide bonds. The number of hydroxylamine groups is 2. The number of rotatable bonds is 5. The molecule has 8 nitrogen and oxygen atoms in total. The Morgan fingerprint density at radius 3 is 2.38 bits per heavy atom. The molecule has 0 aliphatic carbocycles. The van der Waals surface area contributed by atoms with Gasteiger partial charge in [0.25, 0.3) is 11.8 Å². The number of ether oxygens (including phenoxy) is 1. The summed E-state index contributed by atoms with van der Waals surface area (Å²) in [5.41, 5.74) is -0.295. The van der Waals surface area contributed by atoms with Crippen LogP contribution in [0.2, 0.25) is 0 Å². The number of carbonyl (C=O) groups is 3. The van der Waals surface area contributed by atoms with Crippen molar-refractivity contribution in [3.05, 3.63) is 29.8 Å². The summed E-state index contributed by atoms with van der Waals surface area (Å²) in [7, 11) is 0. The molecule has 2 rings (SSSR count). The molecule has 1 unspecified atom stereocenters. The minimum absolute atomic E-state index is 0.0180. The molecule has 1 atom stereocenters. The first-order valence-corrected chi connectivity index (χ1v) is 7.47. The van der Waals surface area contributed by atoms with E-state index in [4.69, 9.17) is 9.57 Å². The maximum Gasteiger partial charge on any atom is 0.366 e. The smallest absolute Gasteiger partial charge is 0.351 e. The van der Waals surface area contributed by atoms with E-state index in [1.807, 2.05) is 0 Å². The summed E-state index contributed by atoms with van der Waals surface area (Å²) in [5, 5.41) is 13.0. The van der Waals surface area contributed by atoms with Crippen molar-refractivity contribution in [2.24, 2.45) is 0 Å². The van der Waals surface area contributed by atoms with E-state index in [0.29, 0.717) is 5.06 Å². The number of hydrogen-bond acceptors (Lipinski definition) is 7. The van der Waals surface area contributed by atoms with Crippen LogP contribution in [0.5, 0.6) is 0 Å². The van der Waals surface area contributed by atoms with Gasteiger partial charge in [0.1, 0.15) is 0 Å². The second-order valence-corrected chi connectivity index (χ2v) is 6.23. The number of benzene rings is 1. The molecule has 1 saturated heterocycles. The van der Waals surface area contributed by atoms with Gasteiger partial charge >= 0.3 is 5.97 Å². The van der Waals surface area contributed by atoms with Gasteiger partial charge in [-0.3, -0.25) is 9.59 Å². The van der Waals surface area contributed by atoms with Gasteiger partial charge in [-0.15, -0.1) is 5.06 Å². The van der Waals surface area contributed by atoms with E-state index < -0.39 is 29.8 Å². The van der Waals surface area contributed by atoms with Crippen LogP contribution in [-0.2, 0) is 19.2 Å². The highest BCUT2D eigenvalue weighted by Crippen LogP contribution is 2.21. The number of aliphatic hydroxyl groups is 1. The summed E-state index contributed by atoms with van der Waals surface area (Å²) >= 11 is 0. The highest BCUT2D eigenvalue weighted by Gasteiger charge is 2.33. The van der Waals surface area contributed by atoms with E-state index >= 15 is 0 Å². The second-order valence-electron chi connectivity index (χ2n) is 6.23. The Balaban J connectivity index is 2.11. The average molecular weight is 336 g/mol. The van der Waals surface area contributed by atoms with E-state index in [1.54, 1.807) is 39.0 Å². The number of hydrogen-bond donors (Lipinski definition) is 2. The molecule has 0 bridgehead atoms. The molecular formula is C16H20N2O6. The van der Waals surface area contributed by atoms with Crippen molar-refractivity contribution in [2.75, 3.05) is 5.32 Å². The van der Waals surface area contributed by atoms with Crippen LogP contribution in [0, 0.1) is 0 Å². The number of carbonyl (C=O) groups excluding carboxylic acids is 3. The van der Waals surface area contributed by atoms with Crippen LogP contribution >= 0.6 is 0 Å². The van der Waals surface area contributed by atoms with Crippen molar-refractivity contribution in [1.29, 1.82) is 0 Å². The fourth-order valence-corrected chi connectivity index (χ4v) is 2.07. The van der Waals surface area contributed by atoms with Crippen molar-refractivity contribution in [3.63, 3.8) is 0 Å². The third-order valence-corrected chi connectivity index (χ3v) is 3.07. The lowest BCUT2D eigenvalue weighted by molar-refractivity contribution is -0.172. The molecule has 1 heterocycles. The number of para-hydroxylation sites is 1. The summed E-state index contributed by atoms with van der Waals surface area (Å²) in [4.78, 5) is 40.2. The Hall–Kier alpha value is -2.45. The van der Waals surface area contributed by atoms with Crippen LogP contribution < -0.4 is 5.32 Å². The van der Waals surface area contributed by atoms with Crippen LogP contribution in [-0.4, -0.2) is 40.0 Å². The highest BCUT2D eigenvalue weighted by molar-refractivity contribution is 6.03. The molecule has 0 aromatic heterocycles. The molecule has 24 heavy (non-hydrogen) atoms. The summed E-state index contributed by atoms with van der Waals surface area (Å²) in [5.74, 6) is -2.01. The average Bonchev–Trinajstić information content (AvgIpc) is 2.77. The molecule has 1 aliphatic rings. The minimum atomic E-state index is -1.35. The SMILES string of the molecule is CC(C)(C)OC(O)Nc1ccccc1C(=O)ON1C(=O)CCC1=O. The van der Waals surface area contributed by atoms with Crippen molar-refractivity contribution in [3.8, 4) is 0 Å². The van der Waals surface area contributed by atoms with E-state index in [9.17, 15) is 19.5 Å². The van der Waals surface area contributed by atoms with Crippen molar-refractivity contribution in [1.82, 2.24) is 5.06 Å². The summed E-state index contributed by atoms with van der Waals surface area (Å²) in [6.07, 6.45) is -1.32. The normalized spacial score (nSPS) is 16.2. The molecule has 130 valence electrons. The Kier molecular flexibility index (Phi) is 5.20. The maximum absolute atomic E-state index is 12.2. The largest absolute Gasteiger partial charge is 0.366 e. The van der Waals surface area contributed by atoms with Crippen molar-refractivity contribution in [2.45, 2.75) is 45.6 Å². The number of anilines is 1. The quantitative estimate of drug-likeness (QED) is 0.618. The first kappa shape index (κ1) is 17.9. The predicted octanol–water partition coefficient (Wildman–Crippen LogP) is 1.41. The zero-order valence-corrected chi connectivity index (χ0v) is 13.7. The van der Waals surface area contributed by atoms with Gasteiger partial charge in [0.15, 0.2) is 0 Å². The molecular weight excluding hydrogens is 316 g/mol. The van der Waals surface area contributed by atoms with Gasteiger partial charge in [0.2, 0.25) is 6.41 Å². The first-order valence-electron chi connectivity index (χ1n) is 7.47. The molecule has 8 heteroatoms. The van der Waals surface area contributed by atoms with Gasteiger partial charge in [0.05, 0.1) is 16.9 Å². The van der Waals surface area contributed by atoms with Crippen LogP contribution in [0.25, 0.3) is 0 Å². The van der Waals surface area contributed by atoms with Crippen molar-refractivity contribution >= 4 is 23.5 Å². The zero-order valence-electron chi connectivity index (χ0n) is 13.7. The predicted molar refractivity (Wildman–Crippen MR) is 83.4 cm³/mol. The molecule has 0 radical (unpaired) electrons. The minimum Gasteiger partial charge on any atom is -0.351 e. The Morgan fingerprint density at radius 2 is 1.79 bits per heavy atom. The first-order chi connectivity index (χ1) is 11.2. The van der Waals surface area contributed by atoms with E-state index in [-0.39, 0.29) is 24.1 Å². The molecule has 2 N–H and O–H groups in total. The summed E-state index contributed by atoms with van der Waals surface area (Å²) in [6, 6.07) is 6.22. The van der Waals surface area contributed by atoms with Crippen molar-refractivity contribution < 1.29 is 29.1 Å². The number of nitrogens with zero attached hydrogens (tertiary/aromatic N) is 1. The lowest BCUT2D eigenvalue weighted by Crippen LogP contribution is -2.34. The van der Waals surface area contributed by atoms with Gasteiger partial charge in [-0.2, -0.15) is 0 Å². The highest BCUT2D eigenvalue weighted by atomic mass is 16.7. The Labute approximate surface area is 139 Å². The van der Waals surface area contributed by atoms with Crippen LogP contribution in [0.15, 0.2) is 24.3 Å². The number of amides is 2. The van der Waals surface area contributed by atoms with Gasteiger partial charge in [-0.05, 0) is 32.9 Å². The van der Waals surface area contributed by atoms with Crippen LogP contribution in [0.1, 0.15) is 44.0 Å². The molecule has 1 aromatic rings. The fourth-order valence-electron chi connectivity index (χ4n) is 2.07. The third kappa shape index (κ3) is 4.53. The number of nitrogens with one attached hydrogen (secondary N) is 1. The zero-order chi connectivity index (χ0) is 17.9. The van der Waals surface area contributed by atoms with Gasteiger partial charge in [0, 0.05) is 12.8 Å². The standard InChI is InChI=1S/C16H20N2O6/c1-16(2,3)23-15(22)17-11-7-5-4-6-10(11)14(21)24-18-12(19)8-9-13(18)20/h4-7,15,17,22H,8-9H2,1-3H3. The Morgan fingerprint density at radius 1 is 1.21 bits per heavy atom. The van der Waals surface area contributed by atoms with Gasteiger partial charge < -0.3 is 20.0 Å². The lowest BCUT2D eigenvalue weighted by Gasteiger charge is -2.25. The Bertz CT molecular complexity index is 636. The van der Waals surface area contributed by atoms with Gasteiger partial charge in [-0.1, -0.05) is 12.1 Å². The topological polar surface area (TPSA) is 105 Å². The fraction of sp³-hybridized carbons (Fsp3) is 0.438. The number of aliphatic hydroxyl groups excluding tert-OH is 1. The van der Waals surface area contributed by atoms with Crippen LogP contribution in [0.4, 0.5) is 5.69 Å². The monoisotopic (exact) mass is 336 g/mol. The summed E-state index contributed by atoms with van der Waals surface area (Å²) < 4.78 is 5.32. The van der Waals surface area contributed by atoms with E-state index in [2.05, 4.69) is 5.32 Å². The molecule has 0 saturated carbocycles. The van der Waals surface area contributed by atoms with Crippen LogP contribution in [0.3, 0.4) is 0 Å². The third-order valence-electron chi connectivity index (χ3n) is 3.07. The molecule has 1 aromatic carbocycles. The van der Waals surface area contributed by atoms with Gasteiger partial charge in [-0.25, -0.2) is 4.79 Å². The molecule has 1 aliphatic heterocycles. The number of imide groups is 1. The molecule has 1 fully saturated rings. The lowest BCUT2D eigenvalue weighted by atomic mass is 10.2. The van der Waals surface area contributed by atoms with E-state index in [0.717, 1.165) is 0 Å². The summed E-state index contributed by atoms with van der Waals surface area (Å²) in [6.45, 7) is 5.30. The second kappa shape index (κ2) is 6.98.